The Kier molecular flexibility index (Phi) is 5.03. The van der Waals surface area contributed by atoms with Crippen molar-refractivity contribution in [1.29, 1.82) is 0 Å². The van der Waals surface area contributed by atoms with Crippen LogP contribution < -0.4 is 10.6 Å². The van der Waals surface area contributed by atoms with Gasteiger partial charge in [0.25, 0.3) is 0 Å². The number of hydrogen-bond donors (Lipinski definition) is 2. The third-order valence-electron chi connectivity index (χ3n) is 3.80. The normalized spacial score (nSPS) is 11.9. The highest BCUT2D eigenvalue weighted by Gasteiger charge is 2.17. The van der Waals surface area contributed by atoms with Crippen LogP contribution in [0, 0.1) is 0 Å². The van der Waals surface area contributed by atoms with Gasteiger partial charge in [0.2, 0.25) is 11.8 Å². The minimum Gasteiger partial charge on any atom is -0.349 e. The second-order valence-corrected chi connectivity index (χ2v) is 5.69. The first kappa shape index (κ1) is 16.6. The van der Waals surface area contributed by atoms with Gasteiger partial charge < -0.3 is 10.6 Å². The predicted molar refractivity (Wildman–Crippen MR) is 92.5 cm³/mol. The molecule has 1 aromatic carbocycles. The van der Waals surface area contributed by atoms with Crippen molar-refractivity contribution in [3.8, 4) is 0 Å². The van der Waals surface area contributed by atoms with Crippen LogP contribution in [0.2, 0.25) is 0 Å². The molecule has 0 spiro atoms. The number of amides is 2. The van der Waals surface area contributed by atoms with Gasteiger partial charge in [-0.15, -0.1) is 10.2 Å². The number of carbonyl (C=O) groups is 2. The molecule has 2 amide bonds. The van der Waals surface area contributed by atoms with Gasteiger partial charge >= 0.3 is 0 Å². The van der Waals surface area contributed by atoms with E-state index in [-0.39, 0.29) is 30.8 Å². The molecule has 0 fully saturated rings. The quantitative estimate of drug-likeness (QED) is 0.715. The van der Waals surface area contributed by atoms with Gasteiger partial charge in [0.05, 0.1) is 19.0 Å². The molecule has 25 heavy (non-hydrogen) atoms. The molecule has 0 aliphatic heterocycles. The molecule has 2 heterocycles. The van der Waals surface area contributed by atoms with Crippen molar-refractivity contribution in [3.05, 3.63) is 66.1 Å². The van der Waals surface area contributed by atoms with Crippen LogP contribution in [-0.2, 0) is 16.1 Å². The van der Waals surface area contributed by atoms with Crippen LogP contribution in [0.4, 0.5) is 0 Å². The van der Waals surface area contributed by atoms with Crippen molar-refractivity contribution in [1.82, 2.24) is 25.2 Å². The van der Waals surface area contributed by atoms with Crippen LogP contribution >= 0.6 is 0 Å². The monoisotopic (exact) mass is 337 g/mol. The Balaban J connectivity index is 1.64. The largest absolute Gasteiger partial charge is 0.349 e. The summed E-state index contributed by atoms with van der Waals surface area (Å²) in [5, 5.41) is 13.8. The summed E-state index contributed by atoms with van der Waals surface area (Å²) in [4.78, 5) is 23.8. The lowest BCUT2D eigenvalue weighted by Crippen LogP contribution is -2.32. The topological polar surface area (TPSA) is 88.4 Å². The minimum absolute atomic E-state index is 0.153. The summed E-state index contributed by atoms with van der Waals surface area (Å²) >= 11 is 0. The highest BCUT2D eigenvalue weighted by atomic mass is 16.2. The first-order chi connectivity index (χ1) is 12.1. The molecule has 3 rings (SSSR count). The van der Waals surface area contributed by atoms with Gasteiger partial charge in [-0.1, -0.05) is 36.4 Å². The molecule has 3 aromatic rings. The van der Waals surface area contributed by atoms with Crippen LogP contribution in [0.15, 0.2) is 54.7 Å². The molecule has 7 heteroatoms. The number of rotatable bonds is 6. The number of nitrogens with one attached hydrogen (secondary N) is 2. The molecule has 0 aliphatic rings. The number of aromatic nitrogens is 3. The smallest absolute Gasteiger partial charge is 0.222 e. The molecule has 1 unspecified atom stereocenters. The highest BCUT2D eigenvalue weighted by Crippen LogP contribution is 2.16. The number of hydrogen-bond acceptors (Lipinski definition) is 4. The summed E-state index contributed by atoms with van der Waals surface area (Å²) < 4.78 is 1.82. The molecule has 0 bridgehead atoms. The molecule has 0 saturated carbocycles. The van der Waals surface area contributed by atoms with E-state index in [9.17, 15) is 9.59 Å². The van der Waals surface area contributed by atoms with Gasteiger partial charge in [0, 0.05) is 13.1 Å². The Morgan fingerprint density at radius 3 is 2.60 bits per heavy atom. The second kappa shape index (κ2) is 7.57. The van der Waals surface area contributed by atoms with E-state index >= 15 is 0 Å². The molecule has 0 saturated heterocycles. The lowest BCUT2D eigenvalue weighted by molar-refractivity contribution is -0.123. The number of nitrogens with zero attached hydrogens (tertiary/aromatic N) is 3. The summed E-state index contributed by atoms with van der Waals surface area (Å²) in [6, 6.07) is 14.7. The lowest BCUT2D eigenvalue weighted by Gasteiger charge is -2.18. The molecular formula is C18H19N5O2. The van der Waals surface area contributed by atoms with Crippen molar-refractivity contribution in [2.24, 2.45) is 0 Å². The van der Waals surface area contributed by atoms with Crippen LogP contribution in [-0.4, -0.2) is 26.4 Å². The van der Waals surface area contributed by atoms with E-state index in [0.717, 1.165) is 11.2 Å². The van der Waals surface area contributed by atoms with Crippen LogP contribution in [0.3, 0.4) is 0 Å². The number of pyridine rings is 1. The fraction of sp³-hybridized carbons (Fsp3) is 0.222. The summed E-state index contributed by atoms with van der Waals surface area (Å²) in [6.45, 7) is 1.71. The lowest BCUT2D eigenvalue weighted by atomic mass is 10.0. The first-order valence-electron chi connectivity index (χ1n) is 8.01. The summed E-state index contributed by atoms with van der Waals surface area (Å²) in [6.07, 6.45) is 2.00. The maximum atomic E-state index is 12.3. The van der Waals surface area contributed by atoms with Gasteiger partial charge in [-0.3, -0.25) is 14.0 Å². The first-order valence-corrected chi connectivity index (χ1v) is 8.01. The van der Waals surface area contributed by atoms with Crippen molar-refractivity contribution in [2.75, 3.05) is 0 Å². The van der Waals surface area contributed by atoms with Gasteiger partial charge in [0.15, 0.2) is 11.5 Å². The van der Waals surface area contributed by atoms with Crippen LogP contribution in [0.25, 0.3) is 5.65 Å². The number of carbonyl (C=O) groups excluding carboxylic acids is 2. The standard InChI is InChI=1S/C18H19N5O2/c1-13(24)20-15(14-7-3-2-4-8-14)11-18(25)19-12-17-22-21-16-9-5-6-10-23(16)17/h2-10,15H,11-12H2,1H3,(H,19,25)(H,20,24). The zero-order valence-electron chi connectivity index (χ0n) is 13.8. The van der Waals surface area contributed by atoms with E-state index in [2.05, 4.69) is 20.8 Å². The molecule has 2 aromatic heterocycles. The Morgan fingerprint density at radius 1 is 1.08 bits per heavy atom. The fourth-order valence-electron chi connectivity index (χ4n) is 2.63. The summed E-state index contributed by atoms with van der Waals surface area (Å²) in [5.41, 5.74) is 1.62. The van der Waals surface area contributed by atoms with Crippen LogP contribution in [0.1, 0.15) is 30.8 Å². The Labute approximate surface area is 145 Å². The van der Waals surface area contributed by atoms with Gasteiger partial charge in [-0.05, 0) is 17.7 Å². The SMILES string of the molecule is CC(=O)NC(CC(=O)NCc1nnc2ccccn12)c1ccccc1. The van der Waals surface area contributed by atoms with Gasteiger partial charge in [0.1, 0.15) is 0 Å². The van der Waals surface area contributed by atoms with E-state index in [4.69, 9.17) is 0 Å². The van der Waals surface area contributed by atoms with Crippen molar-refractivity contribution >= 4 is 17.5 Å². The predicted octanol–water partition coefficient (Wildman–Crippen LogP) is 1.61. The Morgan fingerprint density at radius 2 is 1.84 bits per heavy atom. The zero-order chi connectivity index (χ0) is 17.6. The summed E-state index contributed by atoms with van der Waals surface area (Å²) in [5.74, 6) is 0.306. The molecule has 7 nitrogen and oxygen atoms in total. The number of fused-ring (bicyclic) bond motifs is 1. The molecule has 1 atom stereocenters. The minimum atomic E-state index is -0.367. The summed E-state index contributed by atoms with van der Waals surface area (Å²) in [7, 11) is 0. The highest BCUT2D eigenvalue weighted by molar-refractivity contribution is 5.79. The Bertz CT molecular complexity index is 875. The maximum Gasteiger partial charge on any atom is 0.222 e. The van der Waals surface area contributed by atoms with E-state index in [1.807, 2.05) is 59.1 Å². The molecule has 2 N–H and O–H groups in total. The van der Waals surface area contributed by atoms with Crippen LogP contribution in [0.5, 0.6) is 0 Å². The molecular weight excluding hydrogens is 318 g/mol. The average Bonchev–Trinajstić information content (AvgIpc) is 3.03. The average molecular weight is 337 g/mol. The van der Waals surface area contributed by atoms with Crippen molar-refractivity contribution in [3.63, 3.8) is 0 Å². The second-order valence-electron chi connectivity index (χ2n) is 5.69. The molecule has 128 valence electrons. The Hall–Kier alpha value is -3.22. The van der Waals surface area contributed by atoms with Crippen molar-refractivity contribution in [2.45, 2.75) is 25.9 Å². The van der Waals surface area contributed by atoms with Gasteiger partial charge in [-0.2, -0.15) is 0 Å². The fourth-order valence-corrected chi connectivity index (χ4v) is 2.63. The number of benzene rings is 1. The third kappa shape index (κ3) is 4.20. The van der Waals surface area contributed by atoms with Gasteiger partial charge in [-0.25, -0.2) is 0 Å². The van der Waals surface area contributed by atoms with E-state index < -0.39 is 0 Å². The zero-order valence-corrected chi connectivity index (χ0v) is 13.8. The molecule has 0 aliphatic carbocycles. The maximum absolute atomic E-state index is 12.3. The van der Waals surface area contributed by atoms with Crippen molar-refractivity contribution < 1.29 is 9.59 Å². The van der Waals surface area contributed by atoms with E-state index in [1.54, 1.807) is 0 Å². The molecule has 0 radical (unpaired) electrons. The van der Waals surface area contributed by atoms with E-state index in [0.29, 0.717) is 5.82 Å². The third-order valence-corrected chi connectivity index (χ3v) is 3.80. The van der Waals surface area contributed by atoms with E-state index in [1.165, 1.54) is 6.92 Å².